The Hall–Kier alpha value is -0.650. The zero-order valence-corrected chi connectivity index (χ0v) is 9.75. The van der Waals surface area contributed by atoms with E-state index in [1.54, 1.807) is 0 Å². The molecule has 0 aliphatic rings. The molecule has 90 valence electrons. The molecule has 1 unspecified atom stereocenters. The molecule has 0 spiro atoms. The van der Waals surface area contributed by atoms with Crippen LogP contribution in [-0.4, -0.2) is 42.9 Å². The van der Waals surface area contributed by atoms with Gasteiger partial charge in [0.2, 0.25) is 5.91 Å². The maximum Gasteiger partial charge on any atom is 0.239 e. The molecule has 0 aromatic rings. The first-order chi connectivity index (χ1) is 6.99. The molecule has 0 rings (SSSR count). The molecule has 5 nitrogen and oxygen atoms in total. The second-order valence-corrected chi connectivity index (χ2v) is 3.71. The second kappa shape index (κ2) is 6.76. The van der Waals surface area contributed by atoms with E-state index in [0.29, 0.717) is 12.8 Å². The summed E-state index contributed by atoms with van der Waals surface area (Å²) in [5.74, 6) is -0.294. The third kappa shape index (κ3) is 5.11. The fourth-order valence-electron chi connectivity index (χ4n) is 1.14. The van der Waals surface area contributed by atoms with Gasteiger partial charge in [0.15, 0.2) is 0 Å². The molecule has 0 aromatic carbocycles. The van der Waals surface area contributed by atoms with E-state index in [9.17, 15) is 9.90 Å². The Balaban J connectivity index is 3.98. The van der Waals surface area contributed by atoms with Crippen molar-refractivity contribution in [2.24, 2.45) is 5.73 Å². The highest BCUT2D eigenvalue weighted by Gasteiger charge is 2.24. The summed E-state index contributed by atoms with van der Waals surface area (Å²) in [6.07, 6.45) is 1.20. The number of rotatable bonds is 7. The average molecular weight is 218 g/mol. The van der Waals surface area contributed by atoms with Crippen molar-refractivity contribution >= 4 is 5.91 Å². The van der Waals surface area contributed by atoms with E-state index in [-0.39, 0.29) is 19.1 Å². The Labute approximate surface area is 91.0 Å². The molecular formula is C10H22N2O3. The topological polar surface area (TPSA) is 84.6 Å². The first-order valence-corrected chi connectivity index (χ1v) is 5.23. The molecule has 0 aromatic heterocycles. The van der Waals surface area contributed by atoms with Gasteiger partial charge in [-0.25, -0.2) is 0 Å². The van der Waals surface area contributed by atoms with Gasteiger partial charge in [-0.05, 0) is 12.8 Å². The number of amides is 1. The van der Waals surface area contributed by atoms with Crippen LogP contribution in [0.3, 0.4) is 0 Å². The lowest BCUT2D eigenvalue weighted by Crippen LogP contribution is -2.49. The molecule has 15 heavy (non-hydrogen) atoms. The SMILES string of the molecule is CCC(O)(CC)CNC(=O)C(N)COC. The molecule has 1 atom stereocenters. The molecular weight excluding hydrogens is 196 g/mol. The summed E-state index contributed by atoms with van der Waals surface area (Å²) in [5.41, 5.74) is 4.69. The van der Waals surface area contributed by atoms with Crippen LogP contribution in [0.1, 0.15) is 26.7 Å². The van der Waals surface area contributed by atoms with Crippen LogP contribution < -0.4 is 11.1 Å². The number of ether oxygens (including phenoxy) is 1. The molecule has 0 bridgehead atoms. The lowest BCUT2D eigenvalue weighted by molar-refractivity contribution is -0.124. The van der Waals surface area contributed by atoms with E-state index in [1.165, 1.54) is 7.11 Å². The van der Waals surface area contributed by atoms with Gasteiger partial charge >= 0.3 is 0 Å². The minimum atomic E-state index is -0.831. The van der Waals surface area contributed by atoms with Gasteiger partial charge in [-0.3, -0.25) is 4.79 Å². The summed E-state index contributed by atoms with van der Waals surface area (Å²) in [5, 5.41) is 12.5. The van der Waals surface area contributed by atoms with Crippen molar-refractivity contribution in [2.45, 2.75) is 38.3 Å². The first-order valence-electron chi connectivity index (χ1n) is 5.23. The van der Waals surface area contributed by atoms with Gasteiger partial charge < -0.3 is 20.9 Å². The monoisotopic (exact) mass is 218 g/mol. The maximum atomic E-state index is 11.4. The lowest BCUT2D eigenvalue weighted by Gasteiger charge is -2.26. The van der Waals surface area contributed by atoms with Gasteiger partial charge in [-0.2, -0.15) is 0 Å². The lowest BCUT2D eigenvalue weighted by atomic mass is 9.97. The highest BCUT2D eigenvalue weighted by atomic mass is 16.5. The van der Waals surface area contributed by atoms with Crippen LogP contribution in [0.15, 0.2) is 0 Å². The zero-order chi connectivity index (χ0) is 11.9. The van der Waals surface area contributed by atoms with Gasteiger partial charge in [-0.1, -0.05) is 13.8 Å². The van der Waals surface area contributed by atoms with Crippen LogP contribution in [-0.2, 0) is 9.53 Å². The predicted octanol–water partition coefficient (Wildman–Crippen LogP) is -0.373. The van der Waals surface area contributed by atoms with Crippen molar-refractivity contribution in [2.75, 3.05) is 20.3 Å². The minimum Gasteiger partial charge on any atom is -0.388 e. The number of hydrogen-bond acceptors (Lipinski definition) is 4. The smallest absolute Gasteiger partial charge is 0.239 e. The molecule has 0 heterocycles. The Bertz CT molecular complexity index is 193. The van der Waals surface area contributed by atoms with E-state index < -0.39 is 11.6 Å². The summed E-state index contributed by atoms with van der Waals surface area (Å²) in [6.45, 7) is 4.17. The number of carbonyl (C=O) groups is 1. The normalized spacial score (nSPS) is 13.7. The highest BCUT2D eigenvalue weighted by molar-refractivity contribution is 5.81. The number of aliphatic hydroxyl groups is 1. The fraction of sp³-hybridized carbons (Fsp3) is 0.900. The second-order valence-electron chi connectivity index (χ2n) is 3.71. The number of hydrogen-bond donors (Lipinski definition) is 3. The van der Waals surface area contributed by atoms with Crippen LogP contribution in [0, 0.1) is 0 Å². The fourth-order valence-corrected chi connectivity index (χ4v) is 1.14. The molecule has 0 aliphatic carbocycles. The number of methoxy groups -OCH3 is 1. The molecule has 0 aliphatic heterocycles. The van der Waals surface area contributed by atoms with Crippen molar-refractivity contribution < 1.29 is 14.6 Å². The van der Waals surface area contributed by atoms with E-state index in [2.05, 4.69) is 5.32 Å². The number of carbonyl (C=O) groups excluding carboxylic acids is 1. The summed E-state index contributed by atoms with van der Waals surface area (Å²) in [6, 6.07) is -0.673. The van der Waals surface area contributed by atoms with Crippen LogP contribution >= 0.6 is 0 Å². The summed E-state index contributed by atoms with van der Waals surface area (Å²) < 4.78 is 4.76. The van der Waals surface area contributed by atoms with E-state index >= 15 is 0 Å². The summed E-state index contributed by atoms with van der Waals surface area (Å²) in [7, 11) is 1.49. The molecule has 0 fully saturated rings. The van der Waals surface area contributed by atoms with Crippen molar-refractivity contribution in [3.05, 3.63) is 0 Å². The summed E-state index contributed by atoms with van der Waals surface area (Å²) >= 11 is 0. The number of nitrogens with two attached hydrogens (primary N) is 1. The molecule has 0 saturated carbocycles. The Morgan fingerprint density at radius 2 is 2.07 bits per heavy atom. The quantitative estimate of drug-likeness (QED) is 0.544. The van der Waals surface area contributed by atoms with Crippen LogP contribution in [0.5, 0.6) is 0 Å². The average Bonchev–Trinajstić information content (AvgIpc) is 2.25. The van der Waals surface area contributed by atoms with Gasteiger partial charge in [0.25, 0.3) is 0 Å². The molecule has 5 heteroatoms. The van der Waals surface area contributed by atoms with E-state index in [4.69, 9.17) is 10.5 Å². The van der Waals surface area contributed by atoms with Gasteiger partial charge in [0.1, 0.15) is 6.04 Å². The van der Waals surface area contributed by atoms with Crippen molar-refractivity contribution in [1.82, 2.24) is 5.32 Å². The molecule has 1 amide bonds. The van der Waals surface area contributed by atoms with Crippen LogP contribution in [0.4, 0.5) is 0 Å². The molecule has 0 radical (unpaired) electrons. The standard InChI is InChI=1S/C10H22N2O3/c1-4-10(14,5-2)7-12-9(13)8(11)6-15-3/h8,14H,4-7,11H2,1-3H3,(H,12,13). The number of nitrogens with one attached hydrogen (secondary N) is 1. The zero-order valence-electron chi connectivity index (χ0n) is 9.75. The largest absolute Gasteiger partial charge is 0.388 e. The molecule has 0 saturated heterocycles. The van der Waals surface area contributed by atoms with Crippen molar-refractivity contribution in [1.29, 1.82) is 0 Å². The van der Waals surface area contributed by atoms with Gasteiger partial charge in [-0.15, -0.1) is 0 Å². The van der Waals surface area contributed by atoms with Crippen molar-refractivity contribution in [3.63, 3.8) is 0 Å². The first kappa shape index (κ1) is 14.3. The van der Waals surface area contributed by atoms with Gasteiger partial charge in [0.05, 0.1) is 12.2 Å². The minimum absolute atomic E-state index is 0.183. The molecule has 4 N–H and O–H groups in total. The summed E-state index contributed by atoms with van der Waals surface area (Å²) in [4.78, 5) is 11.4. The van der Waals surface area contributed by atoms with E-state index in [0.717, 1.165) is 0 Å². The van der Waals surface area contributed by atoms with Crippen LogP contribution in [0.2, 0.25) is 0 Å². The maximum absolute atomic E-state index is 11.4. The third-order valence-corrected chi connectivity index (χ3v) is 2.59. The third-order valence-electron chi connectivity index (χ3n) is 2.59. The van der Waals surface area contributed by atoms with Crippen molar-refractivity contribution in [3.8, 4) is 0 Å². The highest BCUT2D eigenvalue weighted by Crippen LogP contribution is 2.12. The van der Waals surface area contributed by atoms with Crippen LogP contribution in [0.25, 0.3) is 0 Å². The van der Waals surface area contributed by atoms with E-state index in [1.807, 2.05) is 13.8 Å². The predicted molar refractivity (Wildman–Crippen MR) is 58.4 cm³/mol. The Morgan fingerprint density at radius 3 is 2.47 bits per heavy atom. The Morgan fingerprint density at radius 1 is 1.53 bits per heavy atom. The Kier molecular flexibility index (Phi) is 6.47. The van der Waals surface area contributed by atoms with Gasteiger partial charge in [0, 0.05) is 13.7 Å².